The van der Waals surface area contributed by atoms with Gasteiger partial charge in [0.15, 0.2) is 5.82 Å². The van der Waals surface area contributed by atoms with Gasteiger partial charge in [0.25, 0.3) is 0 Å². The fraction of sp³-hybridized carbons (Fsp3) is 0.818. The minimum Gasteiger partial charge on any atom is -0.378 e. The van der Waals surface area contributed by atoms with Gasteiger partial charge in [-0.25, -0.2) is 0 Å². The second kappa shape index (κ2) is 5.41. The molecule has 1 aliphatic heterocycles. The number of hydrogen-bond donors (Lipinski definition) is 1. The summed E-state index contributed by atoms with van der Waals surface area (Å²) < 4.78 is 10.7. The van der Waals surface area contributed by atoms with E-state index in [1.807, 2.05) is 0 Å². The summed E-state index contributed by atoms with van der Waals surface area (Å²) in [6, 6.07) is -0.105. The molecule has 1 aromatic heterocycles. The van der Waals surface area contributed by atoms with Gasteiger partial charge in [0.2, 0.25) is 5.89 Å². The fourth-order valence-electron chi connectivity index (χ4n) is 1.94. The maximum Gasteiger partial charge on any atom is 0.229 e. The molecule has 1 fully saturated rings. The normalized spacial score (nSPS) is 22.5. The Morgan fingerprint density at radius 3 is 3.12 bits per heavy atom. The number of aromatic nitrogens is 2. The molecule has 2 rings (SSSR count). The Kier molecular flexibility index (Phi) is 3.90. The number of ether oxygens (including phenoxy) is 1. The first-order valence-electron chi connectivity index (χ1n) is 5.99. The van der Waals surface area contributed by atoms with Crippen LogP contribution in [0.1, 0.15) is 50.4 Å². The summed E-state index contributed by atoms with van der Waals surface area (Å²) in [5.74, 6) is 1.27. The molecule has 1 aromatic rings. The summed E-state index contributed by atoms with van der Waals surface area (Å²) >= 11 is 0. The number of nitrogens with zero attached hydrogens (tertiary/aromatic N) is 2. The Hall–Kier alpha value is -0.940. The summed E-state index contributed by atoms with van der Waals surface area (Å²) in [6.45, 7) is 2.94. The van der Waals surface area contributed by atoms with Crippen LogP contribution in [0.4, 0.5) is 0 Å². The Labute approximate surface area is 95.3 Å². The lowest BCUT2D eigenvalue weighted by Crippen LogP contribution is -2.12. The molecule has 0 bridgehead atoms. The highest BCUT2D eigenvalue weighted by molar-refractivity contribution is 4.94. The van der Waals surface area contributed by atoms with Gasteiger partial charge in [-0.15, -0.1) is 0 Å². The van der Waals surface area contributed by atoms with Crippen molar-refractivity contribution in [2.24, 2.45) is 5.73 Å². The first-order valence-corrected chi connectivity index (χ1v) is 5.99. The molecule has 0 radical (unpaired) electrons. The number of hydrogen-bond acceptors (Lipinski definition) is 5. The van der Waals surface area contributed by atoms with Crippen LogP contribution in [0.5, 0.6) is 0 Å². The van der Waals surface area contributed by atoms with Gasteiger partial charge < -0.3 is 15.0 Å². The largest absolute Gasteiger partial charge is 0.378 e. The van der Waals surface area contributed by atoms with Crippen LogP contribution < -0.4 is 5.73 Å². The van der Waals surface area contributed by atoms with E-state index in [0.29, 0.717) is 18.1 Å². The highest BCUT2D eigenvalue weighted by Crippen LogP contribution is 2.18. The fourth-order valence-corrected chi connectivity index (χ4v) is 1.94. The first kappa shape index (κ1) is 11.5. The van der Waals surface area contributed by atoms with Crippen LogP contribution in [0.15, 0.2) is 4.52 Å². The molecule has 0 saturated carbocycles. The van der Waals surface area contributed by atoms with Crippen molar-refractivity contribution in [1.82, 2.24) is 10.1 Å². The molecular weight excluding hydrogens is 206 g/mol. The molecule has 1 saturated heterocycles. The van der Waals surface area contributed by atoms with Crippen molar-refractivity contribution < 1.29 is 9.26 Å². The van der Waals surface area contributed by atoms with Gasteiger partial charge in [-0.05, 0) is 19.3 Å². The standard InChI is InChI=1S/C11H19N3O2/c1-2-4-9(12)11-13-10(16-14-11)7-8-5-3-6-15-8/h8-9H,2-7,12H2,1H3. The third-order valence-electron chi connectivity index (χ3n) is 2.84. The smallest absolute Gasteiger partial charge is 0.229 e. The highest BCUT2D eigenvalue weighted by atomic mass is 16.5. The number of nitrogens with two attached hydrogens (primary N) is 1. The molecule has 0 aliphatic carbocycles. The van der Waals surface area contributed by atoms with Gasteiger partial charge in [-0.2, -0.15) is 4.98 Å². The maximum atomic E-state index is 5.91. The van der Waals surface area contributed by atoms with Gasteiger partial charge in [0.1, 0.15) is 0 Å². The Balaban J connectivity index is 1.90. The molecule has 0 aromatic carbocycles. The molecule has 2 heterocycles. The minimum atomic E-state index is -0.105. The quantitative estimate of drug-likeness (QED) is 0.823. The minimum absolute atomic E-state index is 0.105. The zero-order chi connectivity index (χ0) is 11.4. The van der Waals surface area contributed by atoms with E-state index < -0.39 is 0 Å². The highest BCUT2D eigenvalue weighted by Gasteiger charge is 2.20. The number of rotatable bonds is 5. The van der Waals surface area contributed by atoms with Crippen LogP contribution >= 0.6 is 0 Å². The van der Waals surface area contributed by atoms with E-state index in [-0.39, 0.29) is 12.1 Å². The molecule has 5 heteroatoms. The zero-order valence-corrected chi connectivity index (χ0v) is 9.69. The summed E-state index contributed by atoms with van der Waals surface area (Å²) in [7, 11) is 0. The Morgan fingerprint density at radius 1 is 1.56 bits per heavy atom. The maximum absolute atomic E-state index is 5.91. The van der Waals surface area contributed by atoms with Crippen molar-refractivity contribution in [1.29, 1.82) is 0 Å². The zero-order valence-electron chi connectivity index (χ0n) is 9.69. The van der Waals surface area contributed by atoms with Gasteiger partial charge in [-0.3, -0.25) is 0 Å². The Morgan fingerprint density at radius 2 is 2.44 bits per heavy atom. The monoisotopic (exact) mass is 225 g/mol. The lowest BCUT2D eigenvalue weighted by molar-refractivity contribution is 0.104. The molecule has 0 amide bonds. The van der Waals surface area contributed by atoms with Crippen molar-refractivity contribution >= 4 is 0 Å². The van der Waals surface area contributed by atoms with E-state index in [0.717, 1.165) is 32.3 Å². The summed E-state index contributed by atoms with van der Waals surface area (Å²) in [5, 5.41) is 3.91. The summed E-state index contributed by atoms with van der Waals surface area (Å²) in [5.41, 5.74) is 5.91. The molecule has 2 N–H and O–H groups in total. The van der Waals surface area contributed by atoms with E-state index in [1.54, 1.807) is 0 Å². The summed E-state index contributed by atoms with van der Waals surface area (Å²) in [6.07, 6.45) is 5.08. The predicted octanol–water partition coefficient (Wildman–Crippen LogP) is 1.59. The SMILES string of the molecule is CCCC(N)c1noc(CC2CCCO2)n1. The second-order valence-corrected chi connectivity index (χ2v) is 4.28. The molecule has 2 unspecified atom stereocenters. The van der Waals surface area contributed by atoms with Crippen molar-refractivity contribution in [3.05, 3.63) is 11.7 Å². The van der Waals surface area contributed by atoms with E-state index >= 15 is 0 Å². The molecule has 2 atom stereocenters. The third-order valence-corrected chi connectivity index (χ3v) is 2.84. The molecular formula is C11H19N3O2. The lowest BCUT2D eigenvalue weighted by atomic mass is 10.1. The van der Waals surface area contributed by atoms with Crippen LogP contribution in [-0.4, -0.2) is 22.9 Å². The van der Waals surface area contributed by atoms with E-state index in [4.69, 9.17) is 15.0 Å². The third kappa shape index (κ3) is 2.80. The van der Waals surface area contributed by atoms with Crippen LogP contribution in [0.25, 0.3) is 0 Å². The van der Waals surface area contributed by atoms with Crippen molar-refractivity contribution in [2.75, 3.05) is 6.61 Å². The second-order valence-electron chi connectivity index (χ2n) is 4.28. The van der Waals surface area contributed by atoms with Crippen molar-refractivity contribution in [3.63, 3.8) is 0 Å². The van der Waals surface area contributed by atoms with Gasteiger partial charge in [-0.1, -0.05) is 18.5 Å². The van der Waals surface area contributed by atoms with Crippen molar-refractivity contribution in [2.45, 2.75) is 51.2 Å². The van der Waals surface area contributed by atoms with Gasteiger partial charge in [0.05, 0.1) is 18.6 Å². The van der Waals surface area contributed by atoms with Crippen LogP contribution in [0, 0.1) is 0 Å². The Bertz CT molecular complexity index is 321. The predicted molar refractivity (Wildman–Crippen MR) is 58.8 cm³/mol. The summed E-state index contributed by atoms with van der Waals surface area (Å²) in [4.78, 5) is 4.31. The molecule has 1 aliphatic rings. The van der Waals surface area contributed by atoms with Crippen LogP contribution in [-0.2, 0) is 11.2 Å². The van der Waals surface area contributed by atoms with Gasteiger partial charge in [0, 0.05) is 6.61 Å². The first-order chi connectivity index (χ1) is 7.79. The average Bonchev–Trinajstić information content (AvgIpc) is 2.90. The molecule has 5 nitrogen and oxygen atoms in total. The van der Waals surface area contributed by atoms with E-state index in [2.05, 4.69) is 17.1 Å². The lowest BCUT2D eigenvalue weighted by Gasteiger charge is -2.04. The molecule has 0 spiro atoms. The molecule has 16 heavy (non-hydrogen) atoms. The molecule has 90 valence electrons. The van der Waals surface area contributed by atoms with Crippen molar-refractivity contribution in [3.8, 4) is 0 Å². The van der Waals surface area contributed by atoms with Gasteiger partial charge >= 0.3 is 0 Å². The van der Waals surface area contributed by atoms with Crippen LogP contribution in [0.3, 0.4) is 0 Å². The van der Waals surface area contributed by atoms with E-state index in [1.165, 1.54) is 0 Å². The van der Waals surface area contributed by atoms with E-state index in [9.17, 15) is 0 Å². The average molecular weight is 225 g/mol. The van der Waals surface area contributed by atoms with Crippen LogP contribution in [0.2, 0.25) is 0 Å². The topological polar surface area (TPSA) is 74.2 Å².